The van der Waals surface area contributed by atoms with Crippen molar-refractivity contribution in [3.8, 4) is 0 Å². The van der Waals surface area contributed by atoms with E-state index in [-0.39, 0.29) is 0 Å². The summed E-state index contributed by atoms with van der Waals surface area (Å²) < 4.78 is 10.00. The van der Waals surface area contributed by atoms with Gasteiger partial charge >= 0.3 is 0 Å². The van der Waals surface area contributed by atoms with Crippen molar-refractivity contribution < 1.29 is 14.6 Å². The Hall–Kier alpha value is -0.120. The summed E-state index contributed by atoms with van der Waals surface area (Å²) in [7, 11) is 3.12. The zero-order valence-corrected chi connectivity index (χ0v) is 11.1. The molecule has 1 unspecified atom stereocenters. The molecule has 0 aromatic rings. The van der Waals surface area contributed by atoms with Gasteiger partial charge in [-0.3, -0.25) is 0 Å². The first-order valence-corrected chi connectivity index (χ1v) is 6.49. The highest BCUT2D eigenvalue weighted by atomic mass is 16.7. The molecule has 0 aliphatic heterocycles. The Kier molecular flexibility index (Phi) is 11.3. The molecule has 98 valence electrons. The topological polar surface area (TPSA) is 38.7 Å². The molecule has 0 rings (SSSR count). The molecule has 0 fully saturated rings. The standard InChI is InChI=1S/C13H28O3/c1-4-5-6-7-8-9-10-11-12(14)13(15-2)16-3/h12-14H,4-11H2,1-3H3. The molecule has 16 heavy (non-hydrogen) atoms. The maximum atomic E-state index is 9.70. The van der Waals surface area contributed by atoms with Crippen LogP contribution in [0.25, 0.3) is 0 Å². The zero-order chi connectivity index (χ0) is 12.2. The van der Waals surface area contributed by atoms with E-state index in [0.717, 1.165) is 12.8 Å². The molecule has 0 aliphatic rings. The average molecular weight is 232 g/mol. The summed E-state index contributed by atoms with van der Waals surface area (Å²) in [6.07, 6.45) is 8.63. The smallest absolute Gasteiger partial charge is 0.182 e. The van der Waals surface area contributed by atoms with Crippen LogP contribution >= 0.6 is 0 Å². The highest BCUT2D eigenvalue weighted by Gasteiger charge is 2.16. The summed E-state index contributed by atoms with van der Waals surface area (Å²) in [5.41, 5.74) is 0. The third-order valence-corrected chi connectivity index (χ3v) is 2.88. The minimum absolute atomic E-state index is 0.472. The lowest BCUT2D eigenvalue weighted by atomic mass is 10.1. The van der Waals surface area contributed by atoms with Gasteiger partial charge in [-0.25, -0.2) is 0 Å². The molecule has 1 atom stereocenters. The van der Waals surface area contributed by atoms with Crippen LogP contribution < -0.4 is 0 Å². The number of hydrogen-bond donors (Lipinski definition) is 1. The van der Waals surface area contributed by atoms with Gasteiger partial charge in [-0.15, -0.1) is 0 Å². The first kappa shape index (κ1) is 15.9. The monoisotopic (exact) mass is 232 g/mol. The van der Waals surface area contributed by atoms with E-state index < -0.39 is 12.4 Å². The zero-order valence-electron chi connectivity index (χ0n) is 11.1. The van der Waals surface area contributed by atoms with Crippen molar-refractivity contribution in [2.24, 2.45) is 0 Å². The van der Waals surface area contributed by atoms with E-state index in [1.807, 2.05) is 0 Å². The second kappa shape index (κ2) is 11.4. The number of unbranched alkanes of at least 4 members (excludes halogenated alkanes) is 6. The molecule has 0 aromatic heterocycles. The van der Waals surface area contributed by atoms with Crippen LogP contribution in [0, 0.1) is 0 Å². The van der Waals surface area contributed by atoms with Gasteiger partial charge in [0.15, 0.2) is 6.29 Å². The molecule has 1 N–H and O–H groups in total. The molecule has 3 nitrogen and oxygen atoms in total. The molecular formula is C13H28O3. The van der Waals surface area contributed by atoms with Gasteiger partial charge in [0.2, 0.25) is 0 Å². The fourth-order valence-corrected chi connectivity index (χ4v) is 1.86. The van der Waals surface area contributed by atoms with Gasteiger partial charge in [-0.2, -0.15) is 0 Å². The van der Waals surface area contributed by atoms with Crippen molar-refractivity contribution in [1.82, 2.24) is 0 Å². The van der Waals surface area contributed by atoms with Crippen LogP contribution in [0.3, 0.4) is 0 Å². The fraction of sp³-hybridized carbons (Fsp3) is 1.00. The van der Waals surface area contributed by atoms with Crippen molar-refractivity contribution in [3.63, 3.8) is 0 Å². The highest BCUT2D eigenvalue weighted by Crippen LogP contribution is 2.12. The van der Waals surface area contributed by atoms with E-state index in [9.17, 15) is 5.11 Å². The molecule has 0 heterocycles. The summed E-state index contributed by atoms with van der Waals surface area (Å²) in [6, 6.07) is 0. The van der Waals surface area contributed by atoms with Crippen molar-refractivity contribution in [3.05, 3.63) is 0 Å². The SMILES string of the molecule is CCCCCCCCCC(O)C(OC)OC. The molecule has 3 heteroatoms. The van der Waals surface area contributed by atoms with E-state index in [4.69, 9.17) is 9.47 Å². The first-order valence-electron chi connectivity index (χ1n) is 6.49. The summed E-state index contributed by atoms with van der Waals surface area (Å²) in [4.78, 5) is 0. The van der Waals surface area contributed by atoms with E-state index >= 15 is 0 Å². The van der Waals surface area contributed by atoms with Crippen LogP contribution in [0.5, 0.6) is 0 Å². The van der Waals surface area contributed by atoms with Crippen LogP contribution in [-0.2, 0) is 9.47 Å². The highest BCUT2D eigenvalue weighted by molar-refractivity contribution is 4.60. The van der Waals surface area contributed by atoms with Crippen molar-refractivity contribution in [2.45, 2.75) is 70.7 Å². The van der Waals surface area contributed by atoms with Crippen molar-refractivity contribution in [1.29, 1.82) is 0 Å². The Morgan fingerprint density at radius 2 is 1.38 bits per heavy atom. The van der Waals surface area contributed by atoms with Crippen LogP contribution in [0.4, 0.5) is 0 Å². The largest absolute Gasteiger partial charge is 0.388 e. The van der Waals surface area contributed by atoms with E-state index in [1.54, 1.807) is 14.2 Å². The molecule has 0 aromatic carbocycles. The molecule has 0 bridgehead atoms. The molecule has 0 spiro atoms. The van der Waals surface area contributed by atoms with Gasteiger partial charge in [0.25, 0.3) is 0 Å². The quantitative estimate of drug-likeness (QED) is 0.439. The van der Waals surface area contributed by atoms with Crippen molar-refractivity contribution >= 4 is 0 Å². The number of aliphatic hydroxyl groups excluding tert-OH is 1. The van der Waals surface area contributed by atoms with Gasteiger partial charge in [0, 0.05) is 14.2 Å². The maximum Gasteiger partial charge on any atom is 0.182 e. The van der Waals surface area contributed by atoms with Gasteiger partial charge < -0.3 is 14.6 Å². The second-order valence-electron chi connectivity index (χ2n) is 4.32. The van der Waals surface area contributed by atoms with Crippen LogP contribution in [-0.4, -0.2) is 31.7 Å². The van der Waals surface area contributed by atoms with Crippen LogP contribution in [0.15, 0.2) is 0 Å². The van der Waals surface area contributed by atoms with E-state index in [1.165, 1.54) is 38.5 Å². The third-order valence-electron chi connectivity index (χ3n) is 2.88. The third kappa shape index (κ3) is 8.08. The first-order chi connectivity index (χ1) is 7.76. The molecule has 0 amide bonds. The Balaban J connectivity index is 3.30. The minimum atomic E-state index is -0.495. The Morgan fingerprint density at radius 1 is 0.875 bits per heavy atom. The lowest BCUT2D eigenvalue weighted by Gasteiger charge is -2.19. The number of rotatable bonds is 11. The predicted octanol–water partition coefficient (Wildman–Crippen LogP) is 3.11. The molecule has 0 radical (unpaired) electrons. The number of hydrogen-bond acceptors (Lipinski definition) is 3. The molecular weight excluding hydrogens is 204 g/mol. The lowest BCUT2D eigenvalue weighted by Crippen LogP contribution is -2.29. The Morgan fingerprint density at radius 3 is 1.88 bits per heavy atom. The summed E-state index contributed by atoms with van der Waals surface area (Å²) in [5.74, 6) is 0. The van der Waals surface area contributed by atoms with Crippen LogP contribution in [0.2, 0.25) is 0 Å². The van der Waals surface area contributed by atoms with Gasteiger partial charge in [0.1, 0.15) is 6.10 Å². The minimum Gasteiger partial charge on any atom is -0.388 e. The van der Waals surface area contributed by atoms with Gasteiger partial charge in [0.05, 0.1) is 0 Å². The summed E-state index contributed by atoms with van der Waals surface area (Å²) in [5, 5.41) is 9.70. The van der Waals surface area contributed by atoms with Gasteiger partial charge in [-0.1, -0.05) is 51.9 Å². The van der Waals surface area contributed by atoms with E-state index in [2.05, 4.69) is 6.92 Å². The summed E-state index contributed by atoms with van der Waals surface area (Å²) in [6.45, 7) is 2.23. The average Bonchev–Trinajstić information content (AvgIpc) is 2.29. The Labute approximate surface area is 100 Å². The lowest BCUT2D eigenvalue weighted by molar-refractivity contribution is -0.165. The fourth-order valence-electron chi connectivity index (χ4n) is 1.86. The summed E-state index contributed by atoms with van der Waals surface area (Å²) >= 11 is 0. The number of aliphatic hydroxyl groups is 1. The second-order valence-corrected chi connectivity index (χ2v) is 4.32. The molecule has 0 saturated heterocycles. The Bertz CT molecular complexity index is 135. The van der Waals surface area contributed by atoms with Crippen LogP contribution in [0.1, 0.15) is 58.3 Å². The number of methoxy groups -OCH3 is 2. The predicted molar refractivity (Wildman–Crippen MR) is 66.4 cm³/mol. The maximum absolute atomic E-state index is 9.70. The van der Waals surface area contributed by atoms with Crippen molar-refractivity contribution in [2.75, 3.05) is 14.2 Å². The number of ether oxygens (including phenoxy) is 2. The molecule has 0 saturated carbocycles. The van der Waals surface area contributed by atoms with E-state index in [0.29, 0.717) is 0 Å². The molecule has 0 aliphatic carbocycles. The van der Waals surface area contributed by atoms with Gasteiger partial charge in [-0.05, 0) is 6.42 Å². The normalized spacial score (nSPS) is 13.3.